The van der Waals surface area contributed by atoms with Gasteiger partial charge in [-0.25, -0.2) is 13.8 Å². The van der Waals surface area contributed by atoms with Crippen LogP contribution in [0.3, 0.4) is 0 Å². The largest absolute Gasteiger partial charge is 0.390 e. The van der Waals surface area contributed by atoms with Crippen molar-refractivity contribution in [1.82, 2.24) is 10.3 Å². The molecule has 1 atom stereocenters. The van der Waals surface area contributed by atoms with Crippen molar-refractivity contribution in [2.24, 2.45) is 0 Å². The number of benzene rings is 1. The third kappa shape index (κ3) is 8.80. The topological polar surface area (TPSA) is 91.3 Å². The van der Waals surface area contributed by atoms with Crippen LogP contribution in [0.25, 0.3) is 0 Å². The van der Waals surface area contributed by atoms with E-state index in [9.17, 15) is 23.5 Å². The summed E-state index contributed by atoms with van der Waals surface area (Å²) in [6.45, 7) is 5.36. The van der Waals surface area contributed by atoms with Gasteiger partial charge in [0.25, 0.3) is 0 Å². The van der Waals surface area contributed by atoms with Crippen molar-refractivity contribution in [3.05, 3.63) is 59.3 Å². The van der Waals surface area contributed by atoms with E-state index in [1.165, 1.54) is 0 Å². The van der Waals surface area contributed by atoms with Crippen LogP contribution in [0.15, 0.2) is 36.5 Å². The lowest BCUT2D eigenvalue weighted by Gasteiger charge is -2.18. The van der Waals surface area contributed by atoms with Gasteiger partial charge in [-0.15, -0.1) is 0 Å². The number of nitrogens with one attached hydrogen (secondary N) is 2. The van der Waals surface area contributed by atoms with Crippen LogP contribution in [-0.2, 0) is 22.4 Å². The van der Waals surface area contributed by atoms with E-state index in [2.05, 4.69) is 15.6 Å². The first-order valence-corrected chi connectivity index (χ1v) is 10.3. The predicted molar refractivity (Wildman–Crippen MR) is 114 cm³/mol. The van der Waals surface area contributed by atoms with Crippen LogP contribution >= 0.6 is 0 Å². The van der Waals surface area contributed by atoms with E-state index in [1.54, 1.807) is 26.1 Å². The molecule has 0 saturated heterocycles. The number of carbonyl (C=O) groups excluding carboxylic acids is 2. The van der Waals surface area contributed by atoms with Crippen LogP contribution < -0.4 is 10.6 Å². The fourth-order valence-electron chi connectivity index (χ4n) is 3.01. The molecule has 6 nitrogen and oxygen atoms in total. The summed E-state index contributed by atoms with van der Waals surface area (Å²) in [7, 11) is 0. The Hall–Kier alpha value is -2.87. The fourth-order valence-corrected chi connectivity index (χ4v) is 3.01. The molecule has 0 radical (unpaired) electrons. The molecule has 0 bridgehead atoms. The first kappa shape index (κ1) is 24.4. The number of pyridine rings is 1. The minimum absolute atomic E-state index is 0.189. The first-order chi connectivity index (χ1) is 14.6. The zero-order chi connectivity index (χ0) is 23.0. The SMILES string of the molecule is CCCC(NC(=O)Cc1cc(F)cc(F)c1)C(=O)Nc1ccc(CCC(C)(C)O)cn1. The van der Waals surface area contributed by atoms with E-state index < -0.39 is 35.1 Å². The van der Waals surface area contributed by atoms with Crippen LogP contribution in [0.4, 0.5) is 14.6 Å². The number of hydrogen-bond acceptors (Lipinski definition) is 4. The van der Waals surface area contributed by atoms with Gasteiger partial charge in [0, 0.05) is 12.3 Å². The molecule has 31 heavy (non-hydrogen) atoms. The van der Waals surface area contributed by atoms with Gasteiger partial charge in [-0.05, 0) is 62.4 Å². The molecular weight excluding hydrogens is 404 g/mol. The molecule has 0 saturated carbocycles. The lowest BCUT2D eigenvalue weighted by Crippen LogP contribution is -2.44. The summed E-state index contributed by atoms with van der Waals surface area (Å²) in [5, 5.41) is 15.1. The molecule has 0 aliphatic carbocycles. The highest BCUT2D eigenvalue weighted by atomic mass is 19.1. The normalized spacial score (nSPS) is 12.3. The Balaban J connectivity index is 1.95. The van der Waals surface area contributed by atoms with Gasteiger partial charge in [-0.1, -0.05) is 19.4 Å². The van der Waals surface area contributed by atoms with Crippen LogP contribution in [0.1, 0.15) is 51.2 Å². The van der Waals surface area contributed by atoms with Crippen molar-refractivity contribution in [2.75, 3.05) is 5.32 Å². The monoisotopic (exact) mass is 433 g/mol. The number of aryl methyl sites for hydroxylation is 1. The van der Waals surface area contributed by atoms with Crippen molar-refractivity contribution in [3.63, 3.8) is 0 Å². The van der Waals surface area contributed by atoms with E-state index in [4.69, 9.17) is 0 Å². The number of amides is 2. The Morgan fingerprint density at radius 2 is 1.81 bits per heavy atom. The van der Waals surface area contributed by atoms with E-state index >= 15 is 0 Å². The minimum atomic E-state index is -0.799. The highest BCUT2D eigenvalue weighted by Gasteiger charge is 2.21. The number of rotatable bonds is 10. The van der Waals surface area contributed by atoms with Crippen molar-refractivity contribution >= 4 is 17.6 Å². The van der Waals surface area contributed by atoms with Gasteiger partial charge in [0.05, 0.1) is 12.0 Å². The number of anilines is 1. The van der Waals surface area contributed by atoms with Crippen LogP contribution in [0, 0.1) is 11.6 Å². The first-order valence-electron chi connectivity index (χ1n) is 10.3. The molecule has 2 amide bonds. The zero-order valence-electron chi connectivity index (χ0n) is 18.0. The lowest BCUT2D eigenvalue weighted by molar-refractivity contribution is -0.126. The van der Waals surface area contributed by atoms with E-state index in [1.807, 2.05) is 13.0 Å². The molecule has 2 aromatic rings. The Morgan fingerprint density at radius 3 is 2.35 bits per heavy atom. The molecule has 1 aromatic heterocycles. The van der Waals surface area contributed by atoms with Gasteiger partial charge >= 0.3 is 0 Å². The highest BCUT2D eigenvalue weighted by Crippen LogP contribution is 2.14. The molecule has 0 spiro atoms. The number of nitrogens with zero attached hydrogens (tertiary/aromatic N) is 1. The van der Waals surface area contributed by atoms with Crippen molar-refractivity contribution in [3.8, 4) is 0 Å². The van der Waals surface area contributed by atoms with Crippen LogP contribution in [-0.4, -0.2) is 33.5 Å². The summed E-state index contributed by atoms with van der Waals surface area (Å²) in [5.41, 5.74) is 0.352. The maximum atomic E-state index is 13.3. The standard InChI is InChI=1S/C23H29F2N3O3/c1-4-5-19(27-21(29)12-16-10-17(24)13-18(25)11-16)22(30)28-20-7-6-15(14-26-20)8-9-23(2,3)31/h6-7,10-11,13-14,19,31H,4-5,8-9,12H2,1-3H3,(H,27,29)(H,26,28,30). The fraction of sp³-hybridized carbons (Fsp3) is 0.435. The second-order valence-electron chi connectivity index (χ2n) is 8.22. The number of hydrogen-bond donors (Lipinski definition) is 3. The second kappa shape index (κ2) is 10.9. The molecular formula is C23H29F2N3O3. The lowest BCUT2D eigenvalue weighted by atomic mass is 10.00. The molecule has 0 fully saturated rings. The maximum absolute atomic E-state index is 13.3. The summed E-state index contributed by atoms with van der Waals surface area (Å²) < 4.78 is 26.6. The number of halogens is 2. The average Bonchev–Trinajstić information content (AvgIpc) is 2.65. The van der Waals surface area contributed by atoms with E-state index in [0.29, 0.717) is 31.5 Å². The Labute approximate surface area is 181 Å². The van der Waals surface area contributed by atoms with Crippen molar-refractivity contribution in [1.29, 1.82) is 0 Å². The summed E-state index contributed by atoms with van der Waals surface area (Å²) in [5.74, 6) is -2.10. The number of aliphatic hydroxyl groups is 1. The van der Waals surface area contributed by atoms with Crippen LogP contribution in [0.5, 0.6) is 0 Å². The molecule has 8 heteroatoms. The van der Waals surface area contributed by atoms with Gasteiger partial charge < -0.3 is 15.7 Å². The number of aromatic nitrogens is 1. The Kier molecular flexibility index (Phi) is 8.62. The average molecular weight is 433 g/mol. The van der Waals surface area contributed by atoms with Gasteiger partial charge in [-0.2, -0.15) is 0 Å². The van der Waals surface area contributed by atoms with E-state index in [-0.39, 0.29) is 12.0 Å². The Morgan fingerprint density at radius 1 is 1.13 bits per heavy atom. The summed E-state index contributed by atoms with van der Waals surface area (Å²) in [4.78, 5) is 29.1. The van der Waals surface area contributed by atoms with Gasteiger partial charge in [0.1, 0.15) is 23.5 Å². The molecule has 0 aliphatic rings. The maximum Gasteiger partial charge on any atom is 0.248 e. The third-order valence-electron chi connectivity index (χ3n) is 4.62. The smallest absolute Gasteiger partial charge is 0.248 e. The molecule has 2 rings (SSSR count). The highest BCUT2D eigenvalue weighted by molar-refractivity contribution is 5.96. The van der Waals surface area contributed by atoms with Gasteiger partial charge in [0.2, 0.25) is 11.8 Å². The summed E-state index contributed by atoms with van der Waals surface area (Å²) in [6, 6.07) is 5.59. The van der Waals surface area contributed by atoms with Crippen molar-refractivity contribution in [2.45, 2.75) is 64.5 Å². The van der Waals surface area contributed by atoms with Gasteiger partial charge in [0.15, 0.2) is 0 Å². The van der Waals surface area contributed by atoms with E-state index in [0.717, 1.165) is 23.8 Å². The van der Waals surface area contributed by atoms with Crippen LogP contribution in [0.2, 0.25) is 0 Å². The third-order valence-corrected chi connectivity index (χ3v) is 4.62. The summed E-state index contributed by atoms with van der Waals surface area (Å²) in [6.07, 6.45) is 3.68. The molecule has 3 N–H and O–H groups in total. The Bertz CT molecular complexity index is 876. The zero-order valence-corrected chi connectivity index (χ0v) is 18.0. The quantitative estimate of drug-likeness (QED) is 0.535. The predicted octanol–water partition coefficient (Wildman–Crippen LogP) is 3.53. The molecule has 1 unspecified atom stereocenters. The minimum Gasteiger partial charge on any atom is -0.390 e. The molecule has 168 valence electrons. The van der Waals surface area contributed by atoms with Gasteiger partial charge in [-0.3, -0.25) is 9.59 Å². The van der Waals surface area contributed by atoms with Crippen molar-refractivity contribution < 1.29 is 23.5 Å². The molecule has 1 aromatic carbocycles. The number of carbonyl (C=O) groups is 2. The second-order valence-corrected chi connectivity index (χ2v) is 8.22. The molecule has 1 heterocycles. The molecule has 0 aliphatic heterocycles. The summed E-state index contributed by atoms with van der Waals surface area (Å²) >= 11 is 0.